The summed E-state index contributed by atoms with van der Waals surface area (Å²) < 4.78 is 0. The van der Waals surface area contributed by atoms with E-state index in [0.717, 1.165) is 71.9 Å². The van der Waals surface area contributed by atoms with E-state index in [0.29, 0.717) is 58.2 Å². The Bertz CT molecular complexity index is 3450. The molecule has 6 aromatic carbocycles. The van der Waals surface area contributed by atoms with Gasteiger partial charge < -0.3 is 42.5 Å². The number of rotatable bonds is 20. The number of anilines is 2. The molecule has 88 heavy (non-hydrogen) atoms. The van der Waals surface area contributed by atoms with Crippen molar-refractivity contribution < 1.29 is 38.4 Å². The van der Waals surface area contributed by atoms with Crippen molar-refractivity contribution in [3.05, 3.63) is 200 Å². The molecule has 6 fully saturated rings. The number of ketones is 2. The minimum absolute atomic E-state index is 0.0127. The van der Waals surface area contributed by atoms with Crippen LogP contribution < -0.4 is 32.7 Å². The van der Waals surface area contributed by atoms with Crippen LogP contribution in [0.5, 0.6) is 0 Å². The number of nitrogens with two attached hydrogens (primary N) is 2. The number of halogens is 2. The number of nitrogens with zero attached hydrogens (tertiary/aromatic N) is 2. The minimum atomic E-state index is -0.814. The van der Waals surface area contributed by atoms with E-state index in [2.05, 4.69) is 21.3 Å². The van der Waals surface area contributed by atoms with E-state index < -0.39 is 24.2 Å². The molecule has 6 saturated carbocycles. The Hall–Kier alpha value is -8.02. The molecule has 456 valence electrons. The molecule has 6 aromatic rings. The van der Waals surface area contributed by atoms with E-state index in [1.807, 2.05) is 74.5 Å². The van der Waals surface area contributed by atoms with Gasteiger partial charge in [0.1, 0.15) is 24.2 Å². The Balaban J connectivity index is 0.000000182. The van der Waals surface area contributed by atoms with Crippen molar-refractivity contribution in [2.75, 3.05) is 10.6 Å². The molecule has 0 aromatic heterocycles. The molecule has 6 aliphatic carbocycles. The van der Waals surface area contributed by atoms with Crippen LogP contribution in [-0.4, -0.2) is 92.1 Å². The molecular formula is C70H74Cl2N8O8. The van der Waals surface area contributed by atoms with Gasteiger partial charge in [-0.2, -0.15) is 0 Å². The molecule has 0 spiro atoms. The Morgan fingerprint density at radius 1 is 0.477 bits per heavy atom. The van der Waals surface area contributed by atoms with E-state index in [9.17, 15) is 38.4 Å². The molecule has 0 unspecified atom stereocenters. The number of carbonyl (C=O) groups is 8. The van der Waals surface area contributed by atoms with Gasteiger partial charge in [-0.05, 0) is 146 Å². The van der Waals surface area contributed by atoms with Crippen LogP contribution in [0.3, 0.4) is 0 Å². The summed E-state index contributed by atoms with van der Waals surface area (Å²) in [6, 6.07) is 40.5. The van der Waals surface area contributed by atoms with Crippen molar-refractivity contribution in [1.82, 2.24) is 20.4 Å². The Morgan fingerprint density at radius 2 is 0.818 bits per heavy atom. The van der Waals surface area contributed by atoms with Crippen LogP contribution in [0.2, 0.25) is 10.0 Å². The van der Waals surface area contributed by atoms with Crippen molar-refractivity contribution in [3.63, 3.8) is 0 Å². The number of amides is 6. The fraction of sp³-hybridized carbons (Fsp3) is 0.371. The fourth-order valence-corrected chi connectivity index (χ4v) is 14.9. The lowest BCUT2D eigenvalue weighted by atomic mass is 9.38. The first-order valence-electron chi connectivity index (χ1n) is 30.3. The normalized spacial score (nSPS) is 23.8. The van der Waals surface area contributed by atoms with E-state index in [1.165, 1.54) is 0 Å². The van der Waals surface area contributed by atoms with Crippen LogP contribution in [-0.2, 0) is 54.7 Å². The zero-order valence-corrected chi connectivity index (χ0v) is 51.1. The maximum atomic E-state index is 14.0. The number of hydrogen-bond donors (Lipinski definition) is 6. The Labute approximate surface area is 522 Å². The summed E-state index contributed by atoms with van der Waals surface area (Å²) in [5, 5.41) is 13.1. The number of Topliss-reactive ketones (excluding diaryl/α,β-unsaturated/α-hetero) is 2. The second kappa shape index (κ2) is 25.2. The summed E-state index contributed by atoms with van der Waals surface area (Å²) >= 11 is 12.4. The molecule has 2 aliphatic heterocycles. The summed E-state index contributed by atoms with van der Waals surface area (Å²) in [4.78, 5) is 111. The minimum Gasteiger partial charge on any atom is -0.342 e. The maximum absolute atomic E-state index is 14.0. The summed E-state index contributed by atoms with van der Waals surface area (Å²) in [5.74, 6) is -2.20. The third kappa shape index (κ3) is 13.7. The van der Waals surface area contributed by atoms with Gasteiger partial charge in [-0.15, -0.1) is 0 Å². The number of aryl methyl sites for hydroxylation is 2. The van der Waals surface area contributed by atoms with Crippen LogP contribution in [0.1, 0.15) is 131 Å². The van der Waals surface area contributed by atoms with Crippen LogP contribution in [0.25, 0.3) is 0 Å². The summed E-state index contributed by atoms with van der Waals surface area (Å²) in [7, 11) is 0. The molecule has 8 aliphatic rings. The lowest BCUT2D eigenvalue weighted by Crippen LogP contribution is -2.73. The number of hydrogen-bond acceptors (Lipinski definition) is 10. The second-order valence-electron chi connectivity index (χ2n) is 25.8. The van der Waals surface area contributed by atoms with E-state index in [4.69, 9.17) is 34.7 Å². The zero-order chi connectivity index (χ0) is 62.1. The summed E-state index contributed by atoms with van der Waals surface area (Å²) in [6.07, 6.45) is 6.63. The SMILES string of the molecule is Cc1cc(NC(=O)[C@@H](CC23CC(N)(C2)C3)NC(=O)[C@@H]2Cc3ccccc3CN2C(=O)CCC(=O)c2ccccc2)ccc1Cl.Cc1cc(NC(=O)[C@H](CC23CC(N)(C2)C3)NC(=O)[C@@H]2Cc3ccccc3CN2C(=O)CCC(=O)c2ccccc2)ccc1Cl. The topological polar surface area (TPSA) is 243 Å². The molecule has 8 N–H and O–H groups in total. The van der Waals surface area contributed by atoms with Gasteiger partial charge >= 0.3 is 0 Å². The Kier molecular flexibility index (Phi) is 17.7. The highest BCUT2D eigenvalue weighted by Gasteiger charge is 2.67. The standard InChI is InChI=1S/2C35H37ClN4O4/c2*1-22-15-26(11-12-27(22)36)38-32(43)28(17-34-19-35(37,20-34)21-34)39-33(44)29-16-24-9-5-6-10-25(24)18-40(29)31(42)14-13-30(41)23-7-3-2-4-8-23/h2*2-12,15,28-29H,13-14,16-21,37H2,1H3,(H,38,43)(H,39,44)/t28-,29+,34?,35?;28-,29-,34?,35?/m10/s1. The first-order chi connectivity index (χ1) is 42.1. The van der Waals surface area contributed by atoms with Gasteiger partial charge in [0.05, 0.1) is 0 Å². The van der Waals surface area contributed by atoms with Crippen molar-refractivity contribution in [3.8, 4) is 0 Å². The van der Waals surface area contributed by atoms with E-state index in [-0.39, 0.29) is 108 Å². The van der Waals surface area contributed by atoms with E-state index >= 15 is 0 Å². The van der Waals surface area contributed by atoms with Gasteiger partial charge in [-0.3, -0.25) is 38.4 Å². The lowest BCUT2D eigenvalue weighted by Gasteiger charge is -2.70. The highest BCUT2D eigenvalue weighted by molar-refractivity contribution is 6.31. The van der Waals surface area contributed by atoms with Gasteiger partial charge in [0, 0.05) is 95.2 Å². The maximum Gasteiger partial charge on any atom is 0.246 e. The second-order valence-corrected chi connectivity index (χ2v) is 26.6. The monoisotopic (exact) mass is 1220 g/mol. The van der Waals surface area contributed by atoms with Crippen LogP contribution in [0.4, 0.5) is 11.4 Å². The molecule has 2 heterocycles. The van der Waals surface area contributed by atoms with Gasteiger partial charge in [-0.1, -0.05) is 132 Å². The number of nitrogens with one attached hydrogen (secondary N) is 4. The number of benzene rings is 6. The first kappa shape index (κ1) is 61.6. The van der Waals surface area contributed by atoms with Gasteiger partial charge in [0.15, 0.2) is 11.6 Å². The average Bonchev–Trinajstić information content (AvgIpc) is 0.741. The van der Waals surface area contributed by atoms with Crippen LogP contribution in [0, 0.1) is 24.7 Å². The predicted molar refractivity (Wildman–Crippen MR) is 338 cm³/mol. The molecule has 4 bridgehead atoms. The molecule has 0 saturated heterocycles. The van der Waals surface area contributed by atoms with Gasteiger partial charge in [0.2, 0.25) is 35.4 Å². The van der Waals surface area contributed by atoms with Crippen LogP contribution in [0.15, 0.2) is 146 Å². The highest BCUT2D eigenvalue weighted by atomic mass is 35.5. The molecule has 0 radical (unpaired) electrons. The van der Waals surface area contributed by atoms with Crippen molar-refractivity contribution in [2.24, 2.45) is 22.3 Å². The predicted octanol–water partition coefficient (Wildman–Crippen LogP) is 9.92. The lowest BCUT2D eigenvalue weighted by molar-refractivity contribution is -0.151. The van der Waals surface area contributed by atoms with Crippen molar-refractivity contribution >= 4 is 81.6 Å². The molecule has 14 rings (SSSR count). The van der Waals surface area contributed by atoms with Gasteiger partial charge in [0.25, 0.3) is 0 Å². The van der Waals surface area contributed by atoms with Gasteiger partial charge in [-0.25, -0.2) is 0 Å². The molecule has 16 nitrogen and oxygen atoms in total. The molecule has 4 atom stereocenters. The Morgan fingerprint density at radius 3 is 1.16 bits per heavy atom. The molecular weight excluding hydrogens is 1150 g/mol. The number of carbonyl (C=O) groups excluding carboxylic acids is 8. The fourth-order valence-electron chi connectivity index (χ4n) is 14.6. The highest BCUT2D eigenvalue weighted by Crippen LogP contribution is 2.68. The summed E-state index contributed by atoms with van der Waals surface area (Å²) in [5.41, 5.74) is 20.1. The zero-order valence-electron chi connectivity index (χ0n) is 49.6. The van der Waals surface area contributed by atoms with E-state index in [1.54, 1.807) is 94.7 Å². The molecule has 18 heteroatoms. The molecule has 6 amide bonds. The quantitative estimate of drug-likeness (QED) is 0.0395. The first-order valence-corrected chi connectivity index (χ1v) is 31.0. The smallest absolute Gasteiger partial charge is 0.246 e. The largest absolute Gasteiger partial charge is 0.342 e. The van der Waals surface area contributed by atoms with Crippen molar-refractivity contribution in [2.45, 2.75) is 152 Å². The average molecular weight is 1230 g/mol. The van der Waals surface area contributed by atoms with Crippen LogP contribution >= 0.6 is 23.2 Å². The third-order valence-electron chi connectivity index (χ3n) is 18.8. The number of fused-ring (bicyclic) bond motifs is 2. The van der Waals surface area contributed by atoms with Crippen molar-refractivity contribution in [1.29, 1.82) is 0 Å². The summed E-state index contributed by atoms with van der Waals surface area (Å²) in [6.45, 7) is 4.24. The third-order valence-corrected chi connectivity index (χ3v) is 19.7.